The predicted octanol–water partition coefficient (Wildman–Crippen LogP) is 3.05. The van der Waals surface area contributed by atoms with Crippen LogP contribution in [0.2, 0.25) is 5.02 Å². The maximum atomic E-state index is 12.5. The SMILES string of the molecule is Cn1ncc2c(=O)n(Cc3sc4ccccc4c3Cl)cnc21. The Morgan fingerprint density at radius 1 is 1.27 bits per heavy atom. The third kappa shape index (κ3) is 1.95. The summed E-state index contributed by atoms with van der Waals surface area (Å²) < 4.78 is 4.28. The van der Waals surface area contributed by atoms with Crippen LogP contribution in [-0.4, -0.2) is 19.3 Å². The first kappa shape index (κ1) is 13.5. The van der Waals surface area contributed by atoms with Crippen LogP contribution in [0.15, 0.2) is 41.6 Å². The molecular weight excluding hydrogens is 320 g/mol. The van der Waals surface area contributed by atoms with Crippen molar-refractivity contribution < 1.29 is 0 Å². The molecule has 7 heteroatoms. The van der Waals surface area contributed by atoms with Gasteiger partial charge in [-0.3, -0.25) is 14.0 Å². The first-order valence-corrected chi connectivity index (χ1v) is 7.87. The lowest BCUT2D eigenvalue weighted by Gasteiger charge is -2.04. The summed E-state index contributed by atoms with van der Waals surface area (Å²) >= 11 is 8.04. The molecule has 3 aromatic heterocycles. The molecule has 0 aliphatic rings. The van der Waals surface area contributed by atoms with Gasteiger partial charge in [0.2, 0.25) is 0 Å². The number of aryl methyl sites for hydroxylation is 1. The van der Waals surface area contributed by atoms with Crippen molar-refractivity contribution in [2.45, 2.75) is 6.54 Å². The molecule has 0 atom stereocenters. The van der Waals surface area contributed by atoms with E-state index in [1.807, 2.05) is 24.3 Å². The Morgan fingerprint density at radius 3 is 2.91 bits per heavy atom. The maximum Gasteiger partial charge on any atom is 0.264 e. The van der Waals surface area contributed by atoms with Gasteiger partial charge in [0, 0.05) is 22.0 Å². The minimum Gasteiger partial charge on any atom is -0.293 e. The van der Waals surface area contributed by atoms with E-state index < -0.39 is 0 Å². The van der Waals surface area contributed by atoms with Gasteiger partial charge in [0.15, 0.2) is 5.65 Å². The average Bonchev–Trinajstić information content (AvgIpc) is 3.05. The van der Waals surface area contributed by atoms with E-state index in [2.05, 4.69) is 10.1 Å². The fourth-order valence-corrected chi connectivity index (χ4v) is 3.99. The van der Waals surface area contributed by atoms with Crippen molar-refractivity contribution in [2.24, 2.45) is 7.05 Å². The van der Waals surface area contributed by atoms with E-state index in [1.54, 1.807) is 40.2 Å². The zero-order valence-electron chi connectivity index (χ0n) is 11.7. The quantitative estimate of drug-likeness (QED) is 0.567. The highest BCUT2D eigenvalue weighted by atomic mass is 35.5. The molecule has 4 rings (SSSR count). The summed E-state index contributed by atoms with van der Waals surface area (Å²) in [5.74, 6) is 0. The zero-order valence-corrected chi connectivity index (χ0v) is 13.2. The number of aromatic nitrogens is 4. The lowest BCUT2D eigenvalue weighted by atomic mass is 10.2. The summed E-state index contributed by atoms with van der Waals surface area (Å²) in [6.07, 6.45) is 3.10. The normalized spacial score (nSPS) is 11.5. The van der Waals surface area contributed by atoms with Gasteiger partial charge in [0.05, 0.1) is 17.8 Å². The molecule has 4 aromatic rings. The highest BCUT2D eigenvalue weighted by Gasteiger charge is 2.13. The second kappa shape index (κ2) is 4.93. The first-order valence-electron chi connectivity index (χ1n) is 6.68. The van der Waals surface area contributed by atoms with Gasteiger partial charge in [0.25, 0.3) is 5.56 Å². The van der Waals surface area contributed by atoms with Gasteiger partial charge in [0.1, 0.15) is 11.7 Å². The molecule has 22 heavy (non-hydrogen) atoms. The van der Waals surface area contributed by atoms with Crippen molar-refractivity contribution >= 4 is 44.1 Å². The predicted molar refractivity (Wildman–Crippen MR) is 88.7 cm³/mol. The number of thiophene rings is 1. The second-order valence-corrected chi connectivity index (χ2v) is 6.53. The van der Waals surface area contributed by atoms with Crippen LogP contribution < -0.4 is 5.56 Å². The molecule has 0 aliphatic carbocycles. The molecule has 0 N–H and O–H groups in total. The van der Waals surface area contributed by atoms with E-state index in [4.69, 9.17) is 11.6 Å². The van der Waals surface area contributed by atoms with Crippen LogP contribution in [0.25, 0.3) is 21.1 Å². The van der Waals surface area contributed by atoms with E-state index >= 15 is 0 Å². The minimum atomic E-state index is -0.105. The van der Waals surface area contributed by atoms with E-state index in [-0.39, 0.29) is 5.56 Å². The number of hydrogen-bond donors (Lipinski definition) is 0. The highest BCUT2D eigenvalue weighted by Crippen LogP contribution is 2.35. The third-order valence-electron chi connectivity index (χ3n) is 3.63. The monoisotopic (exact) mass is 330 g/mol. The summed E-state index contributed by atoms with van der Waals surface area (Å²) in [6.45, 7) is 0.412. The first-order chi connectivity index (χ1) is 10.6. The summed E-state index contributed by atoms with van der Waals surface area (Å²) in [4.78, 5) is 17.8. The third-order valence-corrected chi connectivity index (χ3v) is 5.33. The maximum absolute atomic E-state index is 12.5. The summed E-state index contributed by atoms with van der Waals surface area (Å²) in [5.41, 5.74) is 0.482. The van der Waals surface area contributed by atoms with Crippen molar-refractivity contribution in [3.8, 4) is 0 Å². The van der Waals surface area contributed by atoms with E-state index in [0.717, 1.165) is 15.0 Å². The highest BCUT2D eigenvalue weighted by molar-refractivity contribution is 7.19. The topological polar surface area (TPSA) is 52.7 Å². The van der Waals surface area contributed by atoms with Crippen LogP contribution in [0.4, 0.5) is 0 Å². The van der Waals surface area contributed by atoms with Crippen molar-refractivity contribution in [2.75, 3.05) is 0 Å². The second-order valence-electron chi connectivity index (χ2n) is 5.02. The molecule has 5 nitrogen and oxygen atoms in total. The van der Waals surface area contributed by atoms with E-state index in [0.29, 0.717) is 22.6 Å². The number of hydrogen-bond acceptors (Lipinski definition) is 4. The number of fused-ring (bicyclic) bond motifs is 2. The molecule has 0 aliphatic heterocycles. The number of rotatable bonds is 2. The largest absolute Gasteiger partial charge is 0.293 e. The molecule has 0 saturated heterocycles. The summed E-state index contributed by atoms with van der Waals surface area (Å²) in [7, 11) is 1.77. The lowest BCUT2D eigenvalue weighted by molar-refractivity contribution is 0.745. The fraction of sp³-hybridized carbons (Fsp3) is 0.133. The van der Waals surface area contributed by atoms with Crippen molar-refractivity contribution in [3.05, 3.63) is 57.0 Å². The van der Waals surface area contributed by atoms with Gasteiger partial charge in [-0.25, -0.2) is 4.98 Å². The van der Waals surface area contributed by atoms with Crippen molar-refractivity contribution in [3.63, 3.8) is 0 Å². The van der Waals surface area contributed by atoms with Crippen LogP contribution in [0.1, 0.15) is 4.88 Å². The minimum absolute atomic E-state index is 0.105. The van der Waals surface area contributed by atoms with Crippen LogP contribution in [-0.2, 0) is 13.6 Å². The van der Waals surface area contributed by atoms with Crippen LogP contribution in [0.3, 0.4) is 0 Å². The Balaban J connectivity index is 1.84. The Bertz CT molecular complexity index is 1060. The van der Waals surface area contributed by atoms with Crippen molar-refractivity contribution in [1.82, 2.24) is 19.3 Å². The molecule has 0 unspecified atom stereocenters. The van der Waals surface area contributed by atoms with Crippen LogP contribution >= 0.6 is 22.9 Å². The molecular formula is C15H11ClN4OS. The average molecular weight is 331 g/mol. The van der Waals surface area contributed by atoms with Gasteiger partial charge in [-0.1, -0.05) is 29.8 Å². The van der Waals surface area contributed by atoms with Crippen LogP contribution in [0.5, 0.6) is 0 Å². The van der Waals surface area contributed by atoms with Crippen molar-refractivity contribution in [1.29, 1.82) is 0 Å². The summed E-state index contributed by atoms with van der Waals surface area (Å²) in [6, 6.07) is 7.96. The molecule has 1 aromatic carbocycles. The molecule has 0 saturated carbocycles. The number of benzene rings is 1. The van der Waals surface area contributed by atoms with E-state index in [1.165, 1.54) is 0 Å². The molecule has 0 fully saturated rings. The molecule has 0 spiro atoms. The molecule has 0 bridgehead atoms. The fourth-order valence-electron chi connectivity index (χ4n) is 2.50. The van der Waals surface area contributed by atoms with Gasteiger partial charge >= 0.3 is 0 Å². The van der Waals surface area contributed by atoms with Gasteiger partial charge in [-0.15, -0.1) is 11.3 Å². The Morgan fingerprint density at radius 2 is 2.09 bits per heavy atom. The van der Waals surface area contributed by atoms with Gasteiger partial charge in [-0.2, -0.15) is 5.10 Å². The smallest absolute Gasteiger partial charge is 0.264 e. The van der Waals surface area contributed by atoms with Gasteiger partial charge < -0.3 is 0 Å². The molecule has 0 amide bonds. The standard InChI is InChI=1S/C15H11ClN4OS/c1-19-14-10(6-18-19)15(21)20(8-17-14)7-12-13(16)9-4-2-3-5-11(9)22-12/h2-6,8H,7H2,1H3. The number of halogens is 1. The number of nitrogens with zero attached hydrogens (tertiary/aromatic N) is 4. The molecule has 3 heterocycles. The Labute approximate surface area is 134 Å². The Kier molecular flexibility index (Phi) is 3.02. The molecule has 0 radical (unpaired) electrons. The Hall–Kier alpha value is -2.18. The van der Waals surface area contributed by atoms with E-state index in [9.17, 15) is 4.79 Å². The molecule has 110 valence electrons. The van der Waals surface area contributed by atoms with Crippen LogP contribution in [0, 0.1) is 0 Å². The lowest BCUT2D eigenvalue weighted by Crippen LogP contribution is -2.20. The summed E-state index contributed by atoms with van der Waals surface area (Å²) in [5, 5.41) is 6.32. The van der Waals surface area contributed by atoms with Gasteiger partial charge in [-0.05, 0) is 6.07 Å². The zero-order chi connectivity index (χ0) is 15.3.